The summed E-state index contributed by atoms with van der Waals surface area (Å²) >= 11 is 0. The second kappa shape index (κ2) is 4.34. The van der Waals surface area contributed by atoms with Gasteiger partial charge < -0.3 is 14.8 Å². The highest BCUT2D eigenvalue weighted by Gasteiger charge is 2.76. The zero-order valence-electron chi connectivity index (χ0n) is 14.6. The van der Waals surface area contributed by atoms with Crippen LogP contribution in [0.4, 0.5) is 0 Å². The Hall–Kier alpha value is -0.120. The van der Waals surface area contributed by atoms with Crippen molar-refractivity contribution in [3.63, 3.8) is 0 Å². The van der Waals surface area contributed by atoms with Crippen molar-refractivity contribution in [3.8, 4) is 0 Å². The maximum Gasteiger partial charge on any atom is 0.173 e. The van der Waals surface area contributed by atoms with E-state index in [1.807, 2.05) is 14.2 Å². The van der Waals surface area contributed by atoms with E-state index >= 15 is 0 Å². The molecule has 0 radical (unpaired) electrons. The molecule has 0 aromatic rings. The lowest BCUT2D eigenvalue weighted by Crippen LogP contribution is -2.66. The third kappa shape index (κ3) is 1.32. The fourth-order valence-electron chi connectivity index (χ4n) is 9.48. The molecule has 1 heterocycles. The number of methoxy groups -OCH3 is 2. The minimum Gasteiger partial charge on any atom is -0.353 e. The van der Waals surface area contributed by atoms with Crippen molar-refractivity contribution in [2.75, 3.05) is 20.8 Å². The molecule has 5 aliphatic carbocycles. The quantitative estimate of drug-likeness (QED) is 0.794. The Morgan fingerprint density at radius 1 is 0.957 bits per heavy atom. The third-order valence-corrected chi connectivity index (χ3v) is 9.77. The summed E-state index contributed by atoms with van der Waals surface area (Å²) in [4.78, 5) is 0. The van der Waals surface area contributed by atoms with E-state index in [0.29, 0.717) is 17.3 Å². The maximum absolute atomic E-state index is 6.19. The molecule has 1 spiro atoms. The lowest BCUT2D eigenvalue weighted by molar-refractivity contribution is -0.291. The first kappa shape index (κ1) is 14.1. The second-order valence-electron chi connectivity index (χ2n) is 9.59. The molecule has 0 aromatic heterocycles. The molecule has 9 atom stereocenters. The molecule has 1 aliphatic heterocycles. The van der Waals surface area contributed by atoms with Crippen LogP contribution in [-0.2, 0) is 9.47 Å². The van der Waals surface area contributed by atoms with Crippen LogP contribution < -0.4 is 5.32 Å². The number of hydrogen-bond donors (Lipinski definition) is 1. The van der Waals surface area contributed by atoms with Gasteiger partial charge in [0.05, 0.1) is 0 Å². The van der Waals surface area contributed by atoms with Crippen LogP contribution >= 0.6 is 0 Å². The molecule has 23 heavy (non-hydrogen) atoms. The van der Waals surface area contributed by atoms with Gasteiger partial charge >= 0.3 is 0 Å². The molecule has 3 heteroatoms. The molecule has 0 unspecified atom stereocenters. The topological polar surface area (TPSA) is 30.5 Å². The minimum atomic E-state index is -0.259. The molecule has 0 amide bonds. The molecule has 3 nitrogen and oxygen atoms in total. The molecule has 7 bridgehead atoms. The highest BCUT2D eigenvalue weighted by atomic mass is 16.7. The Morgan fingerprint density at radius 2 is 1.83 bits per heavy atom. The first-order chi connectivity index (χ1) is 11.3. The van der Waals surface area contributed by atoms with E-state index in [4.69, 9.17) is 9.47 Å². The Labute approximate surface area is 139 Å². The van der Waals surface area contributed by atoms with Gasteiger partial charge in [0.15, 0.2) is 5.79 Å². The molecular weight excluding hydrogens is 286 g/mol. The van der Waals surface area contributed by atoms with Crippen molar-refractivity contribution in [1.82, 2.24) is 5.32 Å². The number of ether oxygens (including phenoxy) is 2. The maximum atomic E-state index is 6.19. The second-order valence-corrected chi connectivity index (χ2v) is 9.59. The van der Waals surface area contributed by atoms with Gasteiger partial charge in [0.2, 0.25) is 0 Å². The van der Waals surface area contributed by atoms with E-state index in [1.54, 1.807) is 0 Å². The van der Waals surface area contributed by atoms with Crippen LogP contribution in [0, 0.1) is 46.8 Å². The molecular formula is C20H31NO2. The normalized spacial score (nSPS) is 60.8. The van der Waals surface area contributed by atoms with Gasteiger partial charge in [-0.15, -0.1) is 0 Å². The summed E-state index contributed by atoms with van der Waals surface area (Å²) in [6.07, 6.45) is 10.1. The van der Waals surface area contributed by atoms with Crippen molar-refractivity contribution in [3.05, 3.63) is 0 Å². The van der Waals surface area contributed by atoms with Crippen LogP contribution in [0.15, 0.2) is 0 Å². The summed E-state index contributed by atoms with van der Waals surface area (Å²) in [5.41, 5.74) is 0.592. The lowest BCUT2D eigenvalue weighted by atomic mass is 9.48. The van der Waals surface area contributed by atoms with Crippen LogP contribution in [0.25, 0.3) is 0 Å². The average Bonchev–Trinajstić information content (AvgIpc) is 2.85. The van der Waals surface area contributed by atoms with Crippen molar-refractivity contribution < 1.29 is 9.47 Å². The van der Waals surface area contributed by atoms with Crippen molar-refractivity contribution in [2.45, 2.75) is 56.8 Å². The average molecular weight is 317 g/mol. The number of hydrogen-bond acceptors (Lipinski definition) is 3. The molecule has 6 rings (SSSR count). The predicted molar refractivity (Wildman–Crippen MR) is 87.7 cm³/mol. The lowest BCUT2D eigenvalue weighted by Gasteiger charge is -2.61. The molecule has 0 aromatic carbocycles. The molecule has 1 N–H and O–H groups in total. The summed E-state index contributed by atoms with van der Waals surface area (Å²) in [6.45, 7) is 1.31. The van der Waals surface area contributed by atoms with Crippen LogP contribution in [-0.4, -0.2) is 32.6 Å². The van der Waals surface area contributed by atoms with E-state index in [9.17, 15) is 0 Å². The Balaban J connectivity index is 1.54. The minimum absolute atomic E-state index is 0.259. The van der Waals surface area contributed by atoms with Crippen molar-refractivity contribution in [1.29, 1.82) is 0 Å². The van der Waals surface area contributed by atoms with Crippen LogP contribution in [0.1, 0.15) is 44.9 Å². The SMILES string of the molecule is COC1(OC)[C@H]2CC[C@@H]3[C@H]4C[C@@H]5[C@H]6CCC[C@]5([C@H](C2)[C@@H]31)[C@@H]4NC6. The summed E-state index contributed by atoms with van der Waals surface area (Å²) in [5, 5.41) is 4.08. The van der Waals surface area contributed by atoms with Gasteiger partial charge in [0.25, 0.3) is 0 Å². The molecule has 1 saturated heterocycles. The van der Waals surface area contributed by atoms with Gasteiger partial charge in [0, 0.05) is 32.1 Å². The Bertz CT molecular complexity index is 532. The fourth-order valence-corrected chi connectivity index (χ4v) is 9.48. The van der Waals surface area contributed by atoms with E-state index < -0.39 is 0 Å². The van der Waals surface area contributed by atoms with E-state index in [2.05, 4.69) is 5.32 Å². The molecule has 6 aliphatic rings. The van der Waals surface area contributed by atoms with Gasteiger partial charge in [-0.1, -0.05) is 6.42 Å². The van der Waals surface area contributed by atoms with E-state index in [0.717, 1.165) is 35.6 Å². The van der Waals surface area contributed by atoms with E-state index in [1.165, 1.54) is 51.5 Å². The summed E-state index contributed by atoms with van der Waals surface area (Å²) in [5.74, 6) is 5.60. The summed E-state index contributed by atoms with van der Waals surface area (Å²) < 4.78 is 12.4. The first-order valence-corrected chi connectivity index (χ1v) is 10.1. The van der Waals surface area contributed by atoms with Crippen LogP contribution in [0.3, 0.4) is 0 Å². The van der Waals surface area contributed by atoms with Gasteiger partial charge in [-0.2, -0.15) is 0 Å². The smallest absolute Gasteiger partial charge is 0.173 e. The largest absolute Gasteiger partial charge is 0.353 e. The molecule has 5 saturated carbocycles. The highest BCUT2D eigenvalue weighted by molar-refractivity contribution is 5.25. The first-order valence-electron chi connectivity index (χ1n) is 10.1. The molecule has 128 valence electrons. The zero-order chi connectivity index (χ0) is 15.4. The predicted octanol–water partition coefficient (Wildman–Crippen LogP) is 3.05. The van der Waals surface area contributed by atoms with E-state index in [-0.39, 0.29) is 5.79 Å². The molecule has 6 fully saturated rings. The number of nitrogens with one attached hydrogen (secondary N) is 1. The fraction of sp³-hybridized carbons (Fsp3) is 1.00. The standard InChI is InChI=1S/C20H31NO2/c1-22-20(23-2)12-5-6-13-14-9-15-11-4-3-7-19(15,18(14)21-10-11)16(8-12)17(13)20/h11-18,21H,3-10H2,1-2H3/t11-,12-,13+,14+,15+,16+,17+,18+,19-/m0/s1. The van der Waals surface area contributed by atoms with Gasteiger partial charge in [-0.05, 0) is 80.1 Å². The Kier molecular flexibility index (Phi) is 2.66. The van der Waals surface area contributed by atoms with Crippen LogP contribution in [0.5, 0.6) is 0 Å². The van der Waals surface area contributed by atoms with Crippen LogP contribution in [0.2, 0.25) is 0 Å². The summed E-state index contributed by atoms with van der Waals surface area (Å²) in [6, 6.07) is 0.818. The zero-order valence-corrected chi connectivity index (χ0v) is 14.6. The summed E-state index contributed by atoms with van der Waals surface area (Å²) in [7, 11) is 3.83. The number of piperidine rings is 1. The third-order valence-electron chi connectivity index (χ3n) is 9.77. The number of rotatable bonds is 2. The van der Waals surface area contributed by atoms with Crippen molar-refractivity contribution >= 4 is 0 Å². The monoisotopic (exact) mass is 317 g/mol. The van der Waals surface area contributed by atoms with Gasteiger partial charge in [-0.3, -0.25) is 0 Å². The Morgan fingerprint density at radius 3 is 2.65 bits per heavy atom. The van der Waals surface area contributed by atoms with Gasteiger partial charge in [-0.25, -0.2) is 0 Å². The number of fused-ring (bicyclic) bond motifs is 2. The van der Waals surface area contributed by atoms with Crippen molar-refractivity contribution in [2.24, 2.45) is 46.8 Å². The van der Waals surface area contributed by atoms with Gasteiger partial charge in [0.1, 0.15) is 0 Å². The highest BCUT2D eigenvalue weighted by Crippen LogP contribution is 2.76.